The summed E-state index contributed by atoms with van der Waals surface area (Å²) >= 11 is 5.43. The lowest BCUT2D eigenvalue weighted by molar-refractivity contribution is -0.169. The van der Waals surface area contributed by atoms with Gasteiger partial charge in [0.1, 0.15) is 40.6 Å². The minimum Gasteiger partial charge on any atom is -0.388 e. The largest absolute Gasteiger partial charge is 0.388 e. The maximum absolute atomic E-state index is 13.6. The van der Waals surface area contributed by atoms with Crippen LogP contribution < -0.4 is 5.73 Å². The lowest BCUT2D eigenvalue weighted by Crippen LogP contribution is -2.54. The van der Waals surface area contributed by atoms with Crippen molar-refractivity contribution in [3.05, 3.63) is 35.0 Å². The smallest absolute Gasteiger partial charge is 0.249 e. The average molecular weight is 375 g/mol. The molecule has 0 spiro atoms. The van der Waals surface area contributed by atoms with Crippen molar-refractivity contribution in [3.8, 4) is 11.3 Å². The number of rotatable bonds is 3. The summed E-state index contributed by atoms with van der Waals surface area (Å²) in [6.07, 6.45) is -2.73. The predicted octanol–water partition coefficient (Wildman–Crippen LogP) is 0.0237. The Balaban J connectivity index is 1.94. The second kappa shape index (κ2) is 6.64. The molecule has 3 rings (SSSR count). The third-order valence-electron chi connectivity index (χ3n) is 3.88. The van der Waals surface area contributed by atoms with Gasteiger partial charge in [-0.15, -0.1) is 5.10 Å². The van der Waals surface area contributed by atoms with Crippen molar-refractivity contribution in [1.82, 2.24) is 15.0 Å². The molecule has 4 atom stereocenters. The van der Waals surface area contributed by atoms with Crippen molar-refractivity contribution in [1.29, 1.82) is 0 Å². The normalized spacial score (nSPS) is 26.6. The molecule has 2 aromatic rings. The van der Waals surface area contributed by atoms with Crippen molar-refractivity contribution >= 4 is 17.5 Å². The van der Waals surface area contributed by atoms with E-state index in [0.717, 1.165) is 16.8 Å². The van der Waals surface area contributed by atoms with Gasteiger partial charge >= 0.3 is 0 Å². The van der Waals surface area contributed by atoms with Crippen LogP contribution in [0.4, 0.5) is 8.78 Å². The summed E-state index contributed by atoms with van der Waals surface area (Å²) in [4.78, 5) is 11.3. The molecule has 0 unspecified atom stereocenters. The molecule has 1 aliphatic heterocycles. The molecule has 8 nitrogen and oxygen atoms in total. The lowest BCUT2D eigenvalue weighted by atomic mass is 9.97. The molecular formula is C14H13ClF2N4O4. The van der Waals surface area contributed by atoms with Crippen LogP contribution in [0.5, 0.6) is 0 Å². The van der Waals surface area contributed by atoms with Crippen LogP contribution in [0.2, 0.25) is 5.02 Å². The molecule has 134 valence electrons. The van der Waals surface area contributed by atoms with Crippen LogP contribution in [0.15, 0.2) is 18.3 Å². The van der Waals surface area contributed by atoms with E-state index in [2.05, 4.69) is 10.3 Å². The van der Waals surface area contributed by atoms with E-state index in [1.807, 2.05) is 0 Å². The summed E-state index contributed by atoms with van der Waals surface area (Å²) < 4.78 is 33.2. The molecule has 4 N–H and O–H groups in total. The van der Waals surface area contributed by atoms with Gasteiger partial charge in [-0.1, -0.05) is 16.8 Å². The van der Waals surface area contributed by atoms with E-state index >= 15 is 0 Å². The van der Waals surface area contributed by atoms with Crippen molar-refractivity contribution in [2.24, 2.45) is 5.73 Å². The molecule has 1 aromatic heterocycles. The monoisotopic (exact) mass is 374 g/mol. The first kappa shape index (κ1) is 17.7. The molecule has 1 aromatic carbocycles. The molecule has 25 heavy (non-hydrogen) atoms. The van der Waals surface area contributed by atoms with Crippen LogP contribution in [0.3, 0.4) is 0 Å². The topological polar surface area (TPSA) is 123 Å². The van der Waals surface area contributed by atoms with Gasteiger partial charge in [-0.3, -0.25) is 4.79 Å². The molecule has 1 amide bonds. The second-order valence-corrected chi connectivity index (χ2v) is 5.92. The third-order valence-corrected chi connectivity index (χ3v) is 4.24. The van der Waals surface area contributed by atoms with Crippen LogP contribution >= 0.6 is 11.6 Å². The number of primary amides is 1. The molecular weight excluding hydrogens is 362 g/mol. The Kier molecular flexibility index (Phi) is 4.69. The molecule has 0 radical (unpaired) electrons. The zero-order valence-corrected chi connectivity index (χ0v) is 13.3. The Morgan fingerprint density at radius 3 is 2.60 bits per heavy atom. The van der Waals surface area contributed by atoms with E-state index in [1.165, 1.54) is 6.20 Å². The number of nitrogens with two attached hydrogens (primary N) is 1. The van der Waals surface area contributed by atoms with Crippen LogP contribution in [0, 0.1) is 11.6 Å². The Bertz CT molecular complexity index is 795. The number of carbonyl (C=O) groups is 1. The maximum Gasteiger partial charge on any atom is 0.249 e. The minimum atomic E-state index is -1.48. The summed E-state index contributed by atoms with van der Waals surface area (Å²) in [7, 11) is 0. The van der Waals surface area contributed by atoms with Crippen LogP contribution in [0.25, 0.3) is 11.3 Å². The summed E-state index contributed by atoms with van der Waals surface area (Å²) in [5, 5.41) is 27.1. The number of benzene rings is 1. The fourth-order valence-corrected chi connectivity index (χ4v) is 2.76. The molecule has 1 saturated heterocycles. The quantitative estimate of drug-likeness (QED) is 0.651. The number of aromatic nitrogens is 3. The lowest BCUT2D eigenvalue weighted by Gasteiger charge is -2.36. The number of ether oxygens (including phenoxy) is 1. The Hall–Kier alpha value is -2.14. The second-order valence-electron chi connectivity index (χ2n) is 5.54. The highest BCUT2D eigenvalue weighted by Crippen LogP contribution is 2.29. The number of halogens is 3. The molecule has 11 heteroatoms. The van der Waals surface area contributed by atoms with Gasteiger partial charge in [-0.25, -0.2) is 13.5 Å². The van der Waals surface area contributed by atoms with Gasteiger partial charge in [0.15, 0.2) is 6.10 Å². The van der Waals surface area contributed by atoms with Gasteiger partial charge in [-0.05, 0) is 12.1 Å². The van der Waals surface area contributed by atoms with Gasteiger partial charge in [0.05, 0.1) is 12.8 Å². The highest BCUT2D eigenvalue weighted by molar-refractivity contribution is 6.30. The van der Waals surface area contributed by atoms with Crippen molar-refractivity contribution in [2.45, 2.75) is 24.4 Å². The van der Waals surface area contributed by atoms with Gasteiger partial charge < -0.3 is 20.7 Å². The third kappa shape index (κ3) is 3.21. The Morgan fingerprint density at radius 2 is 2.00 bits per heavy atom. The van der Waals surface area contributed by atoms with E-state index in [9.17, 15) is 23.8 Å². The first-order valence-electron chi connectivity index (χ1n) is 7.13. The van der Waals surface area contributed by atoms with Gasteiger partial charge in [0.2, 0.25) is 5.91 Å². The molecule has 1 fully saturated rings. The average Bonchev–Trinajstić information content (AvgIpc) is 3.01. The molecule has 1 aliphatic rings. The number of nitrogens with zero attached hydrogens (tertiary/aromatic N) is 3. The zero-order valence-electron chi connectivity index (χ0n) is 12.5. The fourth-order valence-electron chi connectivity index (χ4n) is 2.65. The standard InChI is InChI=1S/C14H13ClF2N4O4/c15-10-6(16)1-5(2-7(10)17)8-3-21(20-19-8)11-9(22)4-25-13(12(11)23)14(18)24/h1-3,9,11-13,22-23H,4H2,(H2,18,24)/t9-,11-,12+,13+/m0/s1. The van der Waals surface area contributed by atoms with E-state index in [-0.39, 0.29) is 17.9 Å². The van der Waals surface area contributed by atoms with Crippen molar-refractivity contribution < 1.29 is 28.5 Å². The van der Waals surface area contributed by atoms with Crippen molar-refractivity contribution in [2.75, 3.05) is 6.61 Å². The highest BCUT2D eigenvalue weighted by atomic mass is 35.5. The predicted molar refractivity (Wildman–Crippen MR) is 80.4 cm³/mol. The van der Waals surface area contributed by atoms with Gasteiger partial charge in [0, 0.05) is 5.56 Å². The number of carbonyl (C=O) groups excluding carboxylic acids is 1. The van der Waals surface area contributed by atoms with E-state index in [1.54, 1.807) is 0 Å². The Morgan fingerprint density at radius 1 is 1.36 bits per heavy atom. The SMILES string of the molecule is NC(=O)[C@@H]1OC[C@H](O)[C@H](n2cc(-c3cc(F)c(Cl)c(F)c3)nn2)[C@H]1O. The Labute approximate surface area is 144 Å². The van der Waals surface area contributed by atoms with Gasteiger partial charge in [0.25, 0.3) is 0 Å². The van der Waals surface area contributed by atoms with Crippen LogP contribution in [-0.4, -0.2) is 56.0 Å². The number of aliphatic hydroxyl groups excluding tert-OH is 2. The summed E-state index contributed by atoms with van der Waals surface area (Å²) in [5.41, 5.74) is 5.28. The fraction of sp³-hybridized carbons (Fsp3) is 0.357. The first-order chi connectivity index (χ1) is 11.8. The molecule has 0 aliphatic carbocycles. The van der Waals surface area contributed by atoms with Crippen LogP contribution in [0.1, 0.15) is 6.04 Å². The number of hydrogen-bond acceptors (Lipinski definition) is 6. The number of amides is 1. The van der Waals surface area contributed by atoms with Crippen molar-refractivity contribution in [3.63, 3.8) is 0 Å². The van der Waals surface area contributed by atoms with Gasteiger partial charge in [-0.2, -0.15) is 0 Å². The number of aliphatic hydroxyl groups is 2. The number of hydrogen-bond donors (Lipinski definition) is 3. The zero-order chi connectivity index (χ0) is 18.3. The van der Waals surface area contributed by atoms with E-state index in [4.69, 9.17) is 22.1 Å². The first-order valence-corrected chi connectivity index (χ1v) is 7.51. The summed E-state index contributed by atoms with van der Waals surface area (Å²) in [6.45, 7) is -0.255. The molecule has 0 saturated carbocycles. The molecule has 2 heterocycles. The maximum atomic E-state index is 13.6. The minimum absolute atomic E-state index is 0.0631. The summed E-state index contributed by atoms with van der Waals surface area (Å²) in [5.74, 6) is -2.83. The van der Waals surface area contributed by atoms with E-state index in [0.29, 0.717) is 0 Å². The highest BCUT2D eigenvalue weighted by Gasteiger charge is 2.43. The summed E-state index contributed by atoms with van der Waals surface area (Å²) in [6, 6.07) is 0.875. The van der Waals surface area contributed by atoms with E-state index < -0.39 is 46.9 Å². The molecule has 0 bridgehead atoms. The van der Waals surface area contributed by atoms with Crippen LogP contribution in [-0.2, 0) is 9.53 Å².